The summed E-state index contributed by atoms with van der Waals surface area (Å²) in [6.45, 7) is 1.85. The molecule has 0 spiro atoms. The second kappa shape index (κ2) is 5.25. The lowest BCUT2D eigenvalue weighted by Gasteiger charge is -2.06. The number of nitrogens with one attached hydrogen (secondary N) is 2. The number of aromatic nitrogens is 3. The standard InChI is InChI=1S/C11H11N5O3/c1-7-14-10(9(16(18)19)11(17)15-7)13-6-8-3-2-4-12-5-8/h2-5H,6H2,1H3,(H2,13,14,15,17). The fraction of sp³-hybridized carbons (Fsp3) is 0.182. The van der Waals surface area contributed by atoms with E-state index in [1.165, 1.54) is 0 Å². The number of hydrogen-bond acceptors (Lipinski definition) is 6. The van der Waals surface area contributed by atoms with Gasteiger partial charge in [0.05, 0.1) is 4.92 Å². The van der Waals surface area contributed by atoms with Gasteiger partial charge in [-0.1, -0.05) is 6.07 Å². The molecular weight excluding hydrogens is 250 g/mol. The number of hydrogen-bond donors (Lipinski definition) is 2. The second-order valence-electron chi connectivity index (χ2n) is 3.82. The van der Waals surface area contributed by atoms with Crippen LogP contribution in [0.1, 0.15) is 11.4 Å². The van der Waals surface area contributed by atoms with Gasteiger partial charge in [-0.2, -0.15) is 0 Å². The molecule has 0 aromatic carbocycles. The maximum Gasteiger partial charge on any atom is 0.375 e. The highest BCUT2D eigenvalue weighted by atomic mass is 16.6. The van der Waals surface area contributed by atoms with E-state index in [0.29, 0.717) is 12.4 Å². The molecule has 2 N–H and O–H groups in total. The molecule has 98 valence electrons. The number of aryl methyl sites for hydroxylation is 1. The van der Waals surface area contributed by atoms with Crippen LogP contribution in [0.5, 0.6) is 0 Å². The fourth-order valence-corrected chi connectivity index (χ4v) is 1.56. The Balaban J connectivity index is 2.29. The van der Waals surface area contributed by atoms with Gasteiger partial charge in [-0.05, 0) is 18.6 Å². The van der Waals surface area contributed by atoms with E-state index in [1.807, 2.05) is 6.07 Å². The Morgan fingerprint density at radius 1 is 1.53 bits per heavy atom. The van der Waals surface area contributed by atoms with E-state index in [-0.39, 0.29) is 5.82 Å². The van der Waals surface area contributed by atoms with Gasteiger partial charge in [0, 0.05) is 18.9 Å². The Hall–Kier alpha value is -2.77. The molecule has 0 radical (unpaired) electrons. The van der Waals surface area contributed by atoms with Gasteiger partial charge in [-0.3, -0.25) is 19.9 Å². The van der Waals surface area contributed by atoms with Crippen molar-refractivity contribution in [2.45, 2.75) is 13.5 Å². The van der Waals surface area contributed by atoms with Crippen molar-refractivity contribution in [1.82, 2.24) is 15.0 Å². The minimum atomic E-state index is -0.772. The van der Waals surface area contributed by atoms with Crippen LogP contribution in [0.15, 0.2) is 29.3 Å². The lowest BCUT2D eigenvalue weighted by Crippen LogP contribution is -2.18. The zero-order chi connectivity index (χ0) is 13.8. The molecule has 0 atom stereocenters. The maximum atomic E-state index is 11.5. The van der Waals surface area contributed by atoms with Crippen LogP contribution in [0.2, 0.25) is 0 Å². The van der Waals surface area contributed by atoms with Crippen molar-refractivity contribution in [2.75, 3.05) is 5.32 Å². The van der Waals surface area contributed by atoms with Gasteiger partial charge in [0.15, 0.2) is 0 Å². The van der Waals surface area contributed by atoms with Crippen LogP contribution >= 0.6 is 0 Å². The van der Waals surface area contributed by atoms with Gasteiger partial charge in [0.1, 0.15) is 5.82 Å². The number of aromatic amines is 1. The van der Waals surface area contributed by atoms with Gasteiger partial charge < -0.3 is 10.3 Å². The van der Waals surface area contributed by atoms with Crippen molar-refractivity contribution in [3.05, 3.63) is 56.4 Å². The molecule has 2 aromatic rings. The molecule has 2 aromatic heterocycles. The summed E-state index contributed by atoms with van der Waals surface area (Å²) in [6, 6.07) is 3.56. The van der Waals surface area contributed by atoms with Gasteiger partial charge >= 0.3 is 11.2 Å². The van der Waals surface area contributed by atoms with Crippen LogP contribution in [0.3, 0.4) is 0 Å². The zero-order valence-corrected chi connectivity index (χ0v) is 10.1. The molecule has 19 heavy (non-hydrogen) atoms. The highest BCUT2D eigenvalue weighted by molar-refractivity contribution is 5.54. The molecule has 0 aliphatic rings. The smallest absolute Gasteiger partial charge is 0.360 e. The van der Waals surface area contributed by atoms with Crippen molar-refractivity contribution in [3.8, 4) is 0 Å². The predicted octanol–water partition coefficient (Wildman–Crippen LogP) is 0.994. The summed E-state index contributed by atoms with van der Waals surface area (Å²) in [4.78, 5) is 31.8. The molecular formula is C11H11N5O3. The van der Waals surface area contributed by atoms with Crippen molar-refractivity contribution >= 4 is 11.5 Å². The molecule has 2 heterocycles. The van der Waals surface area contributed by atoms with E-state index in [2.05, 4.69) is 20.3 Å². The van der Waals surface area contributed by atoms with Crippen LogP contribution in [0.4, 0.5) is 11.5 Å². The van der Waals surface area contributed by atoms with E-state index >= 15 is 0 Å². The van der Waals surface area contributed by atoms with E-state index in [1.54, 1.807) is 25.4 Å². The Morgan fingerprint density at radius 3 is 2.95 bits per heavy atom. The first-order valence-electron chi connectivity index (χ1n) is 5.46. The SMILES string of the molecule is Cc1nc(NCc2cccnc2)c([N+](=O)[O-])c(=O)[nH]1. The first-order valence-corrected chi connectivity index (χ1v) is 5.46. The number of nitro groups is 1. The van der Waals surface area contributed by atoms with Crippen molar-refractivity contribution < 1.29 is 4.92 Å². The number of anilines is 1. The molecule has 0 saturated heterocycles. The van der Waals surface area contributed by atoms with Gasteiger partial charge in [0.2, 0.25) is 5.82 Å². The molecule has 0 bridgehead atoms. The third kappa shape index (κ3) is 2.92. The molecule has 2 rings (SSSR count). The minimum Gasteiger partial charge on any atom is -0.360 e. The third-order valence-electron chi connectivity index (χ3n) is 2.38. The summed E-state index contributed by atoms with van der Waals surface area (Å²) in [5.41, 5.74) is -0.530. The van der Waals surface area contributed by atoms with Crippen molar-refractivity contribution in [3.63, 3.8) is 0 Å². The Labute approximate surface area is 107 Å². The van der Waals surface area contributed by atoms with E-state index in [0.717, 1.165) is 5.56 Å². The van der Waals surface area contributed by atoms with Gasteiger partial charge in [-0.15, -0.1) is 0 Å². The van der Waals surface area contributed by atoms with E-state index in [4.69, 9.17) is 0 Å². The highest BCUT2D eigenvalue weighted by Crippen LogP contribution is 2.16. The lowest BCUT2D eigenvalue weighted by atomic mass is 10.3. The van der Waals surface area contributed by atoms with Gasteiger partial charge in [0.25, 0.3) is 0 Å². The molecule has 0 aliphatic heterocycles. The Kier molecular flexibility index (Phi) is 3.51. The summed E-state index contributed by atoms with van der Waals surface area (Å²) >= 11 is 0. The van der Waals surface area contributed by atoms with Crippen LogP contribution in [0, 0.1) is 17.0 Å². The molecule has 0 saturated carbocycles. The molecule has 8 heteroatoms. The third-order valence-corrected chi connectivity index (χ3v) is 2.38. The van der Waals surface area contributed by atoms with Crippen LogP contribution in [-0.2, 0) is 6.54 Å². The Bertz CT molecular complexity index is 653. The fourth-order valence-electron chi connectivity index (χ4n) is 1.56. The predicted molar refractivity (Wildman–Crippen MR) is 67.8 cm³/mol. The highest BCUT2D eigenvalue weighted by Gasteiger charge is 2.21. The maximum absolute atomic E-state index is 11.5. The average Bonchev–Trinajstić information content (AvgIpc) is 2.36. The average molecular weight is 261 g/mol. The summed E-state index contributed by atoms with van der Waals surface area (Å²) in [7, 11) is 0. The summed E-state index contributed by atoms with van der Waals surface area (Å²) < 4.78 is 0. The van der Waals surface area contributed by atoms with Crippen molar-refractivity contribution in [1.29, 1.82) is 0 Å². The summed E-state index contributed by atoms with van der Waals surface area (Å²) in [6.07, 6.45) is 3.25. The normalized spacial score (nSPS) is 10.2. The molecule has 0 unspecified atom stereocenters. The Morgan fingerprint density at radius 2 is 2.32 bits per heavy atom. The van der Waals surface area contributed by atoms with Crippen molar-refractivity contribution in [2.24, 2.45) is 0 Å². The number of H-pyrrole nitrogens is 1. The minimum absolute atomic E-state index is 0.0462. The van der Waals surface area contributed by atoms with Gasteiger partial charge in [-0.25, -0.2) is 4.98 Å². The van der Waals surface area contributed by atoms with Crippen LogP contribution in [-0.4, -0.2) is 19.9 Å². The summed E-state index contributed by atoms with van der Waals surface area (Å²) in [5, 5.41) is 13.6. The molecule has 0 fully saturated rings. The quantitative estimate of drug-likeness (QED) is 0.626. The number of nitrogens with zero attached hydrogens (tertiary/aromatic N) is 3. The largest absolute Gasteiger partial charge is 0.375 e. The van der Waals surface area contributed by atoms with Crippen LogP contribution in [0.25, 0.3) is 0 Å². The zero-order valence-electron chi connectivity index (χ0n) is 10.1. The number of pyridine rings is 1. The molecule has 8 nitrogen and oxygen atoms in total. The second-order valence-corrected chi connectivity index (χ2v) is 3.82. The topological polar surface area (TPSA) is 114 Å². The molecule has 0 aliphatic carbocycles. The van der Waals surface area contributed by atoms with Crippen LogP contribution < -0.4 is 10.9 Å². The monoisotopic (exact) mass is 261 g/mol. The first-order chi connectivity index (χ1) is 9.08. The lowest BCUT2D eigenvalue weighted by molar-refractivity contribution is -0.385. The summed E-state index contributed by atoms with van der Waals surface area (Å²) in [5.74, 6) is 0.263. The first kappa shape index (κ1) is 12.7. The molecule has 0 amide bonds. The van der Waals surface area contributed by atoms with E-state index in [9.17, 15) is 14.9 Å². The number of rotatable bonds is 4. The van der Waals surface area contributed by atoms with E-state index < -0.39 is 16.2 Å².